The van der Waals surface area contributed by atoms with Gasteiger partial charge in [-0.1, -0.05) is 36.0 Å². The van der Waals surface area contributed by atoms with E-state index in [1.54, 1.807) is 17.2 Å². The van der Waals surface area contributed by atoms with Crippen LogP contribution in [0.25, 0.3) is 16.8 Å². The van der Waals surface area contributed by atoms with E-state index in [0.717, 1.165) is 65.5 Å². The van der Waals surface area contributed by atoms with Crippen molar-refractivity contribution in [3.8, 4) is 5.69 Å². The molecule has 8 heteroatoms. The lowest BCUT2D eigenvalue weighted by Gasteiger charge is -2.25. The number of para-hydroxylation sites is 2. The van der Waals surface area contributed by atoms with Crippen LogP contribution in [0.1, 0.15) is 17.5 Å². The molecule has 1 fully saturated rings. The van der Waals surface area contributed by atoms with Crippen LogP contribution in [-0.4, -0.2) is 56.0 Å². The average molecular weight is 419 g/mol. The molecule has 0 amide bonds. The Hall–Kier alpha value is -3.26. The van der Waals surface area contributed by atoms with Gasteiger partial charge in [-0.2, -0.15) is 20.0 Å². The van der Waals surface area contributed by atoms with Gasteiger partial charge in [0.25, 0.3) is 6.01 Å². The maximum absolute atomic E-state index is 5.97. The molecule has 7 nitrogen and oxygen atoms in total. The molecule has 0 N–H and O–H groups in total. The lowest BCUT2D eigenvalue weighted by Crippen LogP contribution is -2.35. The summed E-state index contributed by atoms with van der Waals surface area (Å²) in [5, 5.41) is 8.59. The fourth-order valence-corrected chi connectivity index (χ4v) is 4.16. The molecule has 2 aromatic heterocycles. The fraction of sp³-hybridized carbons (Fsp3) is 0.273. The molecule has 0 atom stereocenters. The van der Waals surface area contributed by atoms with Gasteiger partial charge in [0.15, 0.2) is 5.58 Å². The van der Waals surface area contributed by atoms with Crippen molar-refractivity contribution in [3.05, 3.63) is 66.0 Å². The molecule has 2 aromatic carbocycles. The summed E-state index contributed by atoms with van der Waals surface area (Å²) in [6, 6.07) is 14.8. The molecule has 0 bridgehead atoms. The van der Waals surface area contributed by atoms with Crippen LogP contribution in [0.4, 0.5) is 6.01 Å². The van der Waals surface area contributed by atoms with Crippen LogP contribution >= 0.6 is 12.2 Å². The molecule has 152 valence electrons. The topological polar surface area (TPSA) is 63.2 Å². The van der Waals surface area contributed by atoms with Crippen molar-refractivity contribution in [2.24, 2.45) is 0 Å². The average Bonchev–Trinajstić information content (AvgIpc) is 3.38. The van der Waals surface area contributed by atoms with E-state index in [1.165, 1.54) is 0 Å². The van der Waals surface area contributed by atoms with Gasteiger partial charge >= 0.3 is 0 Å². The number of nitrogens with zero attached hydrogens (tertiary/aromatic N) is 6. The molecular weight excluding hydrogens is 396 g/mol. The van der Waals surface area contributed by atoms with E-state index in [4.69, 9.17) is 16.6 Å². The molecule has 5 rings (SSSR count). The first kappa shape index (κ1) is 18.7. The Morgan fingerprint density at radius 1 is 1.00 bits per heavy atom. The number of thiocarbonyl (C=S) groups is 1. The monoisotopic (exact) mass is 418 g/mol. The Balaban J connectivity index is 1.37. The zero-order chi connectivity index (χ0) is 20.5. The third kappa shape index (κ3) is 3.54. The number of fused-ring (bicyclic) bond motifs is 1. The van der Waals surface area contributed by atoms with Gasteiger partial charge in [-0.05, 0) is 37.6 Å². The van der Waals surface area contributed by atoms with Crippen molar-refractivity contribution in [2.75, 3.05) is 31.1 Å². The number of benzene rings is 2. The number of aromatic nitrogens is 4. The van der Waals surface area contributed by atoms with E-state index >= 15 is 0 Å². The Morgan fingerprint density at radius 2 is 1.83 bits per heavy atom. The van der Waals surface area contributed by atoms with Crippen molar-refractivity contribution in [2.45, 2.75) is 13.3 Å². The first-order valence-electron chi connectivity index (χ1n) is 10.1. The molecule has 1 aliphatic rings. The van der Waals surface area contributed by atoms with E-state index in [0.29, 0.717) is 6.01 Å². The van der Waals surface area contributed by atoms with Crippen molar-refractivity contribution in [1.82, 2.24) is 24.9 Å². The molecule has 0 radical (unpaired) electrons. The minimum atomic E-state index is 0.681. The van der Waals surface area contributed by atoms with Crippen LogP contribution in [0.15, 0.2) is 59.3 Å². The smallest absolute Gasteiger partial charge is 0.298 e. The first-order valence-corrected chi connectivity index (χ1v) is 10.5. The number of aryl methyl sites for hydroxylation is 1. The molecule has 0 spiro atoms. The summed E-state index contributed by atoms with van der Waals surface area (Å²) in [7, 11) is 0. The van der Waals surface area contributed by atoms with Gasteiger partial charge < -0.3 is 14.2 Å². The van der Waals surface area contributed by atoms with Gasteiger partial charge in [0.1, 0.15) is 10.5 Å². The second kappa shape index (κ2) is 7.87. The standard InChI is InChI=1S/C22H22N6OS/c1-16-7-8-19(28-23-9-10-24-28)17(15-16)21(30)26-11-4-12-27(14-13-26)22-25-18-5-2-3-6-20(18)29-22/h2-3,5-10,15H,4,11-14H2,1H3. The Kier molecular flexibility index (Phi) is 4.92. The van der Waals surface area contributed by atoms with Gasteiger partial charge in [0.05, 0.1) is 18.1 Å². The summed E-state index contributed by atoms with van der Waals surface area (Å²) in [5.74, 6) is 0. The summed E-state index contributed by atoms with van der Waals surface area (Å²) in [6.45, 7) is 5.44. The van der Waals surface area contributed by atoms with E-state index < -0.39 is 0 Å². The molecule has 0 saturated carbocycles. The summed E-state index contributed by atoms with van der Waals surface area (Å²) >= 11 is 5.93. The number of oxazole rings is 1. The highest BCUT2D eigenvalue weighted by molar-refractivity contribution is 7.80. The molecule has 1 saturated heterocycles. The normalized spacial score (nSPS) is 14.8. The lowest BCUT2D eigenvalue weighted by molar-refractivity contribution is 0.455. The van der Waals surface area contributed by atoms with E-state index in [1.807, 2.05) is 30.3 Å². The fourth-order valence-electron chi connectivity index (χ4n) is 3.81. The number of anilines is 1. The Labute approximate surface area is 179 Å². The second-order valence-corrected chi connectivity index (χ2v) is 7.82. The van der Waals surface area contributed by atoms with Crippen LogP contribution in [-0.2, 0) is 0 Å². The maximum Gasteiger partial charge on any atom is 0.298 e. The quantitative estimate of drug-likeness (QED) is 0.471. The predicted octanol–water partition coefficient (Wildman–Crippen LogP) is 3.60. The summed E-state index contributed by atoms with van der Waals surface area (Å²) in [5.41, 5.74) is 4.75. The van der Waals surface area contributed by atoms with Crippen molar-refractivity contribution >= 4 is 34.3 Å². The van der Waals surface area contributed by atoms with Crippen LogP contribution in [0.2, 0.25) is 0 Å². The van der Waals surface area contributed by atoms with Crippen molar-refractivity contribution < 1.29 is 4.42 Å². The van der Waals surface area contributed by atoms with Crippen LogP contribution < -0.4 is 4.90 Å². The second-order valence-electron chi connectivity index (χ2n) is 7.44. The number of hydrogen-bond donors (Lipinski definition) is 0. The van der Waals surface area contributed by atoms with Gasteiger partial charge in [-0.15, -0.1) is 0 Å². The first-order chi connectivity index (χ1) is 14.7. The summed E-state index contributed by atoms with van der Waals surface area (Å²) < 4.78 is 5.97. The Bertz CT molecular complexity index is 1150. The molecular formula is C22H22N6OS. The third-order valence-electron chi connectivity index (χ3n) is 5.35. The summed E-state index contributed by atoms with van der Waals surface area (Å²) in [6.07, 6.45) is 4.33. The van der Waals surface area contributed by atoms with E-state index in [2.05, 4.69) is 44.0 Å². The van der Waals surface area contributed by atoms with Crippen LogP contribution in [0.5, 0.6) is 0 Å². The third-order valence-corrected chi connectivity index (χ3v) is 5.83. The number of rotatable bonds is 3. The highest BCUT2D eigenvalue weighted by Gasteiger charge is 2.23. The van der Waals surface area contributed by atoms with Gasteiger partial charge in [0.2, 0.25) is 0 Å². The van der Waals surface area contributed by atoms with Crippen molar-refractivity contribution in [1.29, 1.82) is 0 Å². The molecule has 30 heavy (non-hydrogen) atoms. The highest BCUT2D eigenvalue weighted by atomic mass is 32.1. The van der Waals surface area contributed by atoms with Crippen molar-refractivity contribution in [3.63, 3.8) is 0 Å². The van der Waals surface area contributed by atoms with Gasteiger partial charge in [-0.3, -0.25) is 0 Å². The minimum Gasteiger partial charge on any atom is -0.423 e. The maximum atomic E-state index is 5.97. The molecule has 1 aliphatic heterocycles. The molecule has 0 unspecified atom stereocenters. The SMILES string of the molecule is Cc1ccc(-n2nccn2)c(C(=S)N2CCCN(c3nc4ccccc4o3)CC2)c1. The number of hydrogen-bond acceptors (Lipinski definition) is 6. The zero-order valence-corrected chi connectivity index (χ0v) is 17.5. The highest BCUT2D eigenvalue weighted by Crippen LogP contribution is 2.24. The Morgan fingerprint density at radius 3 is 2.67 bits per heavy atom. The van der Waals surface area contributed by atoms with E-state index in [9.17, 15) is 0 Å². The minimum absolute atomic E-state index is 0.681. The van der Waals surface area contributed by atoms with Gasteiger partial charge in [-0.25, -0.2) is 0 Å². The predicted molar refractivity (Wildman–Crippen MR) is 120 cm³/mol. The lowest BCUT2D eigenvalue weighted by atomic mass is 10.1. The molecule has 3 heterocycles. The molecule has 4 aromatic rings. The largest absolute Gasteiger partial charge is 0.423 e. The summed E-state index contributed by atoms with van der Waals surface area (Å²) in [4.78, 5) is 11.6. The van der Waals surface area contributed by atoms with Crippen LogP contribution in [0, 0.1) is 6.92 Å². The van der Waals surface area contributed by atoms with Gasteiger partial charge in [0, 0.05) is 31.7 Å². The molecule has 0 aliphatic carbocycles. The zero-order valence-electron chi connectivity index (χ0n) is 16.7. The van der Waals surface area contributed by atoms with Crippen LogP contribution in [0.3, 0.4) is 0 Å². The van der Waals surface area contributed by atoms with E-state index in [-0.39, 0.29) is 0 Å².